The predicted octanol–water partition coefficient (Wildman–Crippen LogP) is 2.66. The topological polar surface area (TPSA) is 90.0 Å². The van der Waals surface area contributed by atoms with Gasteiger partial charge in [0.25, 0.3) is 0 Å². The van der Waals surface area contributed by atoms with Crippen molar-refractivity contribution >= 4 is 32.7 Å². The number of hydrogen-bond acceptors (Lipinski definition) is 6. The molecule has 0 atom stereocenters. The van der Waals surface area contributed by atoms with Crippen molar-refractivity contribution in [2.24, 2.45) is 0 Å². The number of amides is 2. The highest BCUT2D eigenvalue weighted by Crippen LogP contribution is 2.32. The lowest BCUT2D eigenvalue weighted by molar-refractivity contribution is -0.138. The Kier molecular flexibility index (Phi) is 5.88. The second-order valence-electron chi connectivity index (χ2n) is 6.66. The highest BCUT2D eigenvalue weighted by Gasteiger charge is 2.29. The van der Waals surface area contributed by atoms with Gasteiger partial charge in [-0.05, 0) is 41.8 Å². The highest BCUT2D eigenvalue weighted by atomic mass is 32.2. The molecule has 150 valence electrons. The number of ether oxygens (including phenoxy) is 1. The van der Waals surface area contributed by atoms with E-state index in [2.05, 4.69) is 0 Å². The maximum atomic E-state index is 12.2. The van der Waals surface area contributed by atoms with Crippen molar-refractivity contribution < 1.29 is 26.9 Å². The van der Waals surface area contributed by atoms with Crippen molar-refractivity contribution in [3.05, 3.63) is 35.9 Å². The summed E-state index contributed by atoms with van der Waals surface area (Å²) < 4.78 is 35.1. The second kappa shape index (κ2) is 8.18. The molecule has 0 aromatic heterocycles. The van der Waals surface area contributed by atoms with Gasteiger partial charge in [-0.3, -0.25) is 14.5 Å². The summed E-state index contributed by atoms with van der Waals surface area (Å²) in [7, 11) is -2.18. The van der Waals surface area contributed by atoms with Crippen LogP contribution in [0.3, 0.4) is 0 Å². The normalized spacial score (nSPS) is 14.7. The molecule has 0 radical (unpaired) electrons. The van der Waals surface area contributed by atoms with Crippen LogP contribution in [-0.2, 0) is 26.1 Å². The van der Waals surface area contributed by atoms with Crippen LogP contribution in [0.2, 0.25) is 0 Å². The molecule has 0 spiro atoms. The molecule has 0 saturated carbocycles. The maximum Gasteiger partial charge on any atom is 0.309 e. The fourth-order valence-corrected chi connectivity index (χ4v) is 4.34. The lowest BCUT2D eigenvalue weighted by Crippen LogP contribution is -2.31. The standard InChI is InChI=1S/C20H23NO6S/c1-3-12-28(24,25)27-18-7-5-14-4-6-15(26-2)13-17(14)16(18)10-11-21-19(22)8-9-20(21)23/h4-7,13H,3,8-12H2,1-2H3. The summed E-state index contributed by atoms with van der Waals surface area (Å²) in [5.74, 6) is 0.336. The molecule has 1 aliphatic rings. The van der Waals surface area contributed by atoms with Gasteiger partial charge >= 0.3 is 10.1 Å². The van der Waals surface area contributed by atoms with Gasteiger partial charge in [-0.1, -0.05) is 19.1 Å². The van der Waals surface area contributed by atoms with Gasteiger partial charge < -0.3 is 8.92 Å². The van der Waals surface area contributed by atoms with Crippen molar-refractivity contribution in [3.63, 3.8) is 0 Å². The Balaban J connectivity index is 2.02. The van der Waals surface area contributed by atoms with Gasteiger partial charge in [-0.15, -0.1) is 0 Å². The third-order valence-electron chi connectivity index (χ3n) is 4.71. The summed E-state index contributed by atoms with van der Waals surface area (Å²) in [4.78, 5) is 25.1. The number of imide groups is 1. The monoisotopic (exact) mass is 405 g/mol. The first-order valence-electron chi connectivity index (χ1n) is 9.19. The number of fused-ring (bicyclic) bond motifs is 1. The van der Waals surface area contributed by atoms with Crippen LogP contribution in [0.4, 0.5) is 0 Å². The number of likely N-dealkylation sites (tertiary alicyclic amines) is 1. The SMILES string of the molecule is CCCS(=O)(=O)Oc1ccc2ccc(OC)cc2c1CCN1C(=O)CCC1=O. The summed E-state index contributed by atoms with van der Waals surface area (Å²) >= 11 is 0. The summed E-state index contributed by atoms with van der Waals surface area (Å²) in [6.45, 7) is 1.94. The third kappa shape index (κ3) is 4.27. The number of carbonyl (C=O) groups excluding carboxylic acids is 2. The average Bonchev–Trinajstić information content (AvgIpc) is 2.98. The van der Waals surface area contributed by atoms with Crippen LogP contribution < -0.4 is 8.92 Å². The zero-order chi connectivity index (χ0) is 20.3. The molecule has 1 heterocycles. The summed E-state index contributed by atoms with van der Waals surface area (Å²) in [5, 5.41) is 1.65. The minimum atomic E-state index is -3.73. The molecule has 1 fully saturated rings. The Morgan fingerprint density at radius 3 is 2.39 bits per heavy atom. The number of benzene rings is 2. The molecule has 2 amide bonds. The van der Waals surface area contributed by atoms with Crippen LogP contribution in [-0.4, -0.2) is 44.5 Å². The van der Waals surface area contributed by atoms with Gasteiger partial charge in [0.05, 0.1) is 12.9 Å². The van der Waals surface area contributed by atoms with Gasteiger partial charge in [-0.2, -0.15) is 8.42 Å². The first kappa shape index (κ1) is 20.1. The Morgan fingerprint density at radius 2 is 1.75 bits per heavy atom. The van der Waals surface area contributed by atoms with E-state index < -0.39 is 10.1 Å². The number of carbonyl (C=O) groups is 2. The molecular weight excluding hydrogens is 382 g/mol. The zero-order valence-electron chi connectivity index (χ0n) is 15.9. The predicted molar refractivity (Wildman–Crippen MR) is 105 cm³/mol. The first-order valence-corrected chi connectivity index (χ1v) is 10.8. The van der Waals surface area contributed by atoms with Crippen molar-refractivity contribution in [3.8, 4) is 11.5 Å². The van der Waals surface area contributed by atoms with Crippen LogP contribution in [0.15, 0.2) is 30.3 Å². The Morgan fingerprint density at radius 1 is 1.07 bits per heavy atom. The molecule has 28 heavy (non-hydrogen) atoms. The van der Waals surface area contributed by atoms with E-state index in [0.29, 0.717) is 24.2 Å². The summed E-state index contributed by atoms with van der Waals surface area (Å²) in [6.07, 6.45) is 1.17. The molecule has 0 N–H and O–H groups in total. The Bertz CT molecular complexity index is 999. The van der Waals surface area contributed by atoms with E-state index in [1.165, 1.54) is 4.90 Å². The fraction of sp³-hybridized carbons (Fsp3) is 0.400. The average molecular weight is 405 g/mol. The number of rotatable bonds is 8. The van der Waals surface area contributed by atoms with E-state index in [9.17, 15) is 18.0 Å². The highest BCUT2D eigenvalue weighted by molar-refractivity contribution is 7.87. The largest absolute Gasteiger partial charge is 0.497 e. The molecular formula is C20H23NO6S. The molecule has 2 aromatic carbocycles. The van der Waals surface area contributed by atoms with Crippen LogP contribution in [0.1, 0.15) is 31.7 Å². The van der Waals surface area contributed by atoms with Crippen molar-refractivity contribution in [1.82, 2.24) is 4.90 Å². The van der Waals surface area contributed by atoms with Crippen molar-refractivity contribution in [2.75, 3.05) is 19.4 Å². The minimum Gasteiger partial charge on any atom is -0.497 e. The number of hydrogen-bond donors (Lipinski definition) is 0. The molecule has 3 rings (SSSR count). The van der Waals surface area contributed by atoms with Crippen molar-refractivity contribution in [1.29, 1.82) is 0 Å². The number of methoxy groups -OCH3 is 1. The van der Waals surface area contributed by atoms with E-state index in [0.717, 1.165) is 10.8 Å². The lowest BCUT2D eigenvalue weighted by atomic mass is 10.0. The lowest BCUT2D eigenvalue weighted by Gasteiger charge is -2.18. The molecule has 0 aliphatic carbocycles. The van der Waals surface area contributed by atoms with Crippen LogP contribution >= 0.6 is 0 Å². The third-order valence-corrected chi connectivity index (χ3v) is 6.05. The van der Waals surface area contributed by atoms with Crippen LogP contribution in [0, 0.1) is 0 Å². The second-order valence-corrected chi connectivity index (χ2v) is 8.35. The molecule has 1 aliphatic heterocycles. The van der Waals surface area contributed by atoms with Gasteiger partial charge in [0.1, 0.15) is 11.5 Å². The van der Waals surface area contributed by atoms with Gasteiger partial charge in [0.2, 0.25) is 11.8 Å². The van der Waals surface area contributed by atoms with Crippen molar-refractivity contribution in [2.45, 2.75) is 32.6 Å². The smallest absolute Gasteiger partial charge is 0.309 e. The zero-order valence-corrected chi connectivity index (χ0v) is 16.8. The molecule has 1 saturated heterocycles. The molecule has 0 unspecified atom stereocenters. The Labute approximate surface area is 164 Å². The van der Waals surface area contributed by atoms with E-state index in [4.69, 9.17) is 8.92 Å². The van der Waals surface area contributed by atoms with Crippen LogP contribution in [0.25, 0.3) is 10.8 Å². The van der Waals surface area contributed by atoms with E-state index >= 15 is 0 Å². The summed E-state index contributed by atoms with van der Waals surface area (Å²) in [6, 6.07) is 8.88. The minimum absolute atomic E-state index is 0.0916. The molecule has 8 heteroatoms. The fourth-order valence-electron chi connectivity index (χ4n) is 3.33. The first-order chi connectivity index (χ1) is 13.3. The molecule has 2 aromatic rings. The number of nitrogens with zero attached hydrogens (tertiary/aromatic N) is 1. The quantitative estimate of drug-likeness (QED) is 0.495. The van der Waals surface area contributed by atoms with E-state index in [1.807, 2.05) is 12.1 Å². The van der Waals surface area contributed by atoms with Gasteiger partial charge in [-0.25, -0.2) is 0 Å². The summed E-state index contributed by atoms with van der Waals surface area (Å²) in [5.41, 5.74) is 0.628. The molecule has 0 bridgehead atoms. The van der Waals surface area contributed by atoms with E-state index in [-0.39, 0.29) is 42.7 Å². The van der Waals surface area contributed by atoms with Gasteiger partial charge in [0.15, 0.2) is 0 Å². The Hall–Kier alpha value is -2.61. The molecule has 7 nitrogen and oxygen atoms in total. The maximum absolute atomic E-state index is 12.2. The van der Waals surface area contributed by atoms with Gasteiger partial charge in [0, 0.05) is 24.9 Å². The van der Waals surface area contributed by atoms with E-state index in [1.54, 1.807) is 32.2 Å². The van der Waals surface area contributed by atoms with Crippen LogP contribution in [0.5, 0.6) is 11.5 Å².